The van der Waals surface area contributed by atoms with E-state index in [0.29, 0.717) is 28.4 Å². The van der Waals surface area contributed by atoms with Gasteiger partial charge in [0.15, 0.2) is 17.2 Å². The minimum atomic E-state index is -0.425. The number of hydrogen-bond donors (Lipinski definition) is 4. The number of nitrogens with one attached hydrogen (secondary N) is 3. The molecule has 1 amide bonds. The summed E-state index contributed by atoms with van der Waals surface area (Å²) in [7, 11) is 0. The van der Waals surface area contributed by atoms with Crippen molar-refractivity contribution in [2.75, 3.05) is 5.32 Å². The second-order valence-corrected chi connectivity index (χ2v) is 10.7. The fourth-order valence-corrected chi connectivity index (χ4v) is 4.67. The van der Waals surface area contributed by atoms with Gasteiger partial charge in [-0.15, -0.1) is 0 Å². The first-order chi connectivity index (χ1) is 17.7. The molecule has 37 heavy (non-hydrogen) atoms. The maximum Gasteiger partial charge on any atom is 0.273 e. The predicted molar refractivity (Wildman–Crippen MR) is 140 cm³/mol. The topological polar surface area (TPSA) is 135 Å². The van der Waals surface area contributed by atoms with Gasteiger partial charge in [-0.05, 0) is 36.1 Å². The standard InChI is InChI=1S/C27H32FN7O2/c1-27(2,3)22-13-21(35-37-22)26(36)31-14-16-9-8-15(12-18(16)28)17-10-11-30-24-23(17)25(34-33-24)32-20-7-5-4-6-19(20)29/h8-13,19-20H,4-7,14,29H2,1-3H3,(H,31,36)(H2,30,32,33,34)/t19-,20-/m1/s1. The van der Waals surface area contributed by atoms with E-state index in [2.05, 4.69) is 31.0 Å². The number of benzene rings is 1. The van der Waals surface area contributed by atoms with Gasteiger partial charge in [-0.3, -0.25) is 9.89 Å². The molecule has 5 N–H and O–H groups in total. The van der Waals surface area contributed by atoms with Crippen molar-refractivity contribution >= 4 is 22.8 Å². The van der Waals surface area contributed by atoms with Gasteiger partial charge in [-0.1, -0.05) is 50.9 Å². The van der Waals surface area contributed by atoms with Crippen LogP contribution >= 0.6 is 0 Å². The van der Waals surface area contributed by atoms with Crippen molar-refractivity contribution in [1.82, 2.24) is 25.7 Å². The van der Waals surface area contributed by atoms with Gasteiger partial charge in [-0.2, -0.15) is 5.10 Å². The molecule has 194 valence electrons. The van der Waals surface area contributed by atoms with Crippen molar-refractivity contribution < 1.29 is 13.7 Å². The summed E-state index contributed by atoms with van der Waals surface area (Å²) >= 11 is 0. The number of hydrogen-bond acceptors (Lipinski definition) is 7. The summed E-state index contributed by atoms with van der Waals surface area (Å²) in [6, 6.07) is 8.61. The first kappa shape index (κ1) is 24.9. The summed E-state index contributed by atoms with van der Waals surface area (Å²) < 4.78 is 20.4. The molecule has 1 aromatic carbocycles. The molecule has 0 radical (unpaired) electrons. The molecule has 0 saturated heterocycles. The van der Waals surface area contributed by atoms with Gasteiger partial charge in [0, 0.05) is 41.9 Å². The van der Waals surface area contributed by atoms with Gasteiger partial charge < -0.3 is 20.9 Å². The number of fused-ring (bicyclic) bond motifs is 1. The highest BCUT2D eigenvalue weighted by Gasteiger charge is 2.25. The summed E-state index contributed by atoms with van der Waals surface area (Å²) in [4.78, 5) is 16.9. The Morgan fingerprint density at radius 2 is 2.03 bits per heavy atom. The zero-order chi connectivity index (χ0) is 26.2. The Kier molecular flexibility index (Phi) is 6.68. The fraction of sp³-hybridized carbons (Fsp3) is 0.407. The van der Waals surface area contributed by atoms with Gasteiger partial charge in [0.1, 0.15) is 11.6 Å². The highest BCUT2D eigenvalue weighted by molar-refractivity contribution is 6.00. The van der Waals surface area contributed by atoms with Crippen molar-refractivity contribution in [3.8, 4) is 11.1 Å². The van der Waals surface area contributed by atoms with E-state index >= 15 is 4.39 Å². The summed E-state index contributed by atoms with van der Waals surface area (Å²) in [5.74, 6) is 0.425. The zero-order valence-electron chi connectivity index (χ0n) is 21.3. The first-order valence-electron chi connectivity index (χ1n) is 12.6. The van der Waals surface area contributed by atoms with E-state index in [1.807, 2.05) is 32.9 Å². The molecule has 0 bridgehead atoms. The number of nitrogens with zero attached hydrogens (tertiary/aromatic N) is 3. The van der Waals surface area contributed by atoms with Crippen LogP contribution in [0.3, 0.4) is 0 Å². The third kappa shape index (κ3) is 5.20. The molecule has 1 saturated carbocycles. The third-order valence-corrected chi connectivity index (χ3v) is 6.89. The molecule has 1 aliphatic carbocycles. The Labute approximate surface area is 214 Å². The van der Waals surface area contributed by atoms with Crippen LogP contribution in [0.15, 0.2) is 41.1 Å². The molecule has 3 aromatic heterocycles. The quantitative estimate of drug-likeness (QED) is 0.299. The number of aromatic nitrogens is 4. The van der Waals surface area contributed by atoms with Crippen molar-refractivity contribution in [3.63, 3.8) is 0 Å². The van der Waals surface area contributed by atoms with Crippen molar-refractivity contribution in [2.45, 2.75) is 70.5 Å². The number of halogens is 1. The van der Waals surface area contributed by atoms with Crippen LogP contribution in [0, 0.1) is 5.82 Å². The molecule has 9 nitrogen and oxygen atoms in total. The van der Waals surface area contributed by atoms with Crippen LogP contribution in [0.25, 0.3) is 22.2 Å². The highest BCUT2D eigenvalue weighted by Crippen LogP contribution is 2.33. The van der Waals surface area contributed by atoms with E-state index in [4.69, 9.17) is 10.3 Å². The number of carbonyl (C=O) groups excluding carboxylic acids is 1. The molecule has 1 fully saturated rings. The van der Waals surface area contributed by atoms with Gasteiger partial charge in [0.05, 0.1) is 5.39 Å². The number of amides is 1. The first-order valence-corrected chi connectivity index (χ1v) is 12.6. The lowest BCUT2D eigenvalue weighted by molar-refractivity contribution is 0.0941. The summed E-state index contributed by atoms with van der Waals surface area (Å²) in [6.45, 7) is 5.93. The molecular formula is C27H32FN7O2. The minimum absolute atomic E-state index is 0.0203. The molecule has 0 aliphatic heterocycles. The fourth-order valence-electron chi connectivity index (χ4n) is 4.67. The average Bonchev–Trinajstić information content (AvgIpc) is 3.53. The molecule has 10 heteroatoms. The second-order valence-electron chi connectivity index (χ2n) is 10.7. The Balaban J connectivity index is 1.34. The van der Waals surface area contributed by atoms with E-state index < -0.39 is 11.7 Å². The maximum absolute atomic E-state index is 15.1. The van der Waals surface area contributed by atoms with Crippen LogP contribution in [-0.4, -0.2) is 38.3 Å². The smallest absolute Gasteiger partial charge is 0.273 e. The Bertz CT molecular complexity index is 1420. The van der Waals surface area contributed by atoms with Crippen LogP contribution in [0.4, 0.5) is 10.2 Å². The molecule has 3 heterocycles. The summed E-state index contributed by atoms with van der Waals surface area (Å²) in [6.07, 6.45) is 5.88. The number of H-pyrrole nitrogens is 1. The zero-order valence-corrected chi connectivity index (χ0v) is 21.3. The average molecular weight is 506 g/mol. The molecule has 4 aromatic rings. The highest BCUT2D eigenvalue weighted by atomic mass is 19.1. The van der Waals surface area contributed by atoms with E-state index in [9.17, 15) is 4.79 Å². The number of anilines is 1. The van der Waals surface area contributed by atoms with Crippen LogP contribution in [0.2, 0.25) is 0 Å². The van der Waals surface area contributed by atoms with Gasteiger partial charge in [0.2, 0.25) is 0 Å². The lowest BCUT2D eigenvalue weighted by Crippen LogP contribution is -2.42. The summed E-state index contributed by atoms with van der Waals surface area (Å²) in [5, 5.41) is 18.2. The van der Waals surface area contributed by atoms with Gasteiger partial charge in [-0.25, -0.2) is 9.37 Å². The largest absolute Gasteiger partial charge is 0.364 e. The second kappa shape index (κ2) is 9.93. The number of carbonyl (C=O) groups is 1. The van der Waals surface area contributed by atoms with Crippen molar-refractivity contribution in [3.05, 3.63) is 59.4 Å². The molecule has 2 atom stereocenters. The normalized spacial score (nSPS) is 18.2. The Hall–Kier alpha value is -3.79. The van der Waals surface area contributed by atoms with Crippen LogP contribution in [0.1, 0.15) is 68.3 Å². The molecule has 1 aliphatic rings. The monoisotopic (exact) mass is 505 g/mol. The number of rotatable bonds is 6. The van der Waals surface area contributed by atoms with Gasteiger partial charge in [0.25, 0.3) is 5.91 Å². The van der Waals surface area contributed by atoms with E-state index in [-0.39, 0.29) is 29.7 Å². The molecular weight excluding hydrogens is 473 g/mol. The molecule has 5 rings (SSSR count). The Morgan fingerprint density at radius 1 is 1.22 bits per heavy atom. The van der Waals surface area contributed by atoms with Crippen LogP contribution in [-0.2, 0) is 12.0 Å². The minimum Gasteiger partial charge on any atom is -0.364 e. The van der Waals surface area contributed by atoms with E-state index in [1.165, 1.54) is 6.07 Å². The van der Waals surface area contributed by atoms with E-state index in [1.54, 1.807) is 18.3 Å². The molecule has 0 unspecified atom stereocenters. The van der Waals surface area contributed by atoms with Crippen molar-refractivity contribution in [2.24, 2.45) is 5.73 Å². The van der Waals surface area contributed by atoms with Gasteiger partial charge >= 0.3 is 0 Å². The maximum atomic E-state index is 15.1. The third-order valence-electron chi connectivity index (χ3n) is 6.89. The number of pyridine rings is 1. The van der Waals surface area contributed by atoms with Crippen LogP contribution in [0.5, 0.6) is 0 Å². The number of aromatic amines is 1. The predicted octanol–water partition coefficient (Wildman–Crippen LogP) is 4.66. The summed E-state index contributed by atoms with van der Waals surface area (Å²) in [5.41, 5.74) is 8.69. The SMILES string of the molecule is CC(C)(C)c1cc(C(=O)NCc2ccc(-c3ccnc4[nH]nc(N[C@@H]5CCCC[C@H]5N)c34)cc2F)no1. The number of nitrogens with two attached hydrogens (primary N) is 1. The lowest BCUT2D eigenvalue weighted by Gasteiger charge is -2.29. The Morgan fingerprint density at radius 3 is 2.76 bits per heavy atom. The van der Waals surface area contributed by atoms with Crippen LogP contribution < -0.4 is 16.4 Å². The van der Waals surface area contributed by atoms with Crippen molar-refractivity contribution in [1.29, 1.82) is 0 Å². The molecule has 0 spiro atoms. The van der Waals surface area contributed by atoms with E-state index in [0.717, 1.165) is 36.6 Å². The lowest BCUT2D eigenvalue weighted by atomic mass is 9.91.